The average Bonchev–Trinajstić information content (AvgIpc) is 2.61. The molecule has 4 heteroatoms. The Kier molecular flexibility index (Phi) is 7.43. The van der Waals surface area contributed by atoms with Gasteiger partial charge < -0.3 is 10.1 Å². The number of benzene rings is 2. The molecule has 3 nitrogen and oxygen atoms in total. The summed E-state index contributed by atoms with van der Waals surface area (Å²) in [5.74, 6) is 2.62. The van der Waals surface area contributed by atoms with E-state index in [4.69, 9.17) is 4.74 Å². The molecule has 1 amide bonds. The third kappa shape index (κ3) is 6.13. The number of carbonyl (C=O) groups is 1. The third-order valence-corrected chi connectivity index (χ3v) is 4.62. The molecule has 0 heterocycles. The molecule has 2 rings (SSSR count). The zero-order valence-corrected chi connectivity index (χ0v) is 14.9. The number of nitrogens with one attached hydrogen (secondary N) is 1. The first-order valence-corrected chi connectivity index (χ1v) is 9.07. The van der Waals surface area contributed by atoms with Crippen LogP contribution in [-0.4, -0.2) is 25.3 Å². The van der Waals surface area contributed by atoms with Gasteiger partial charge in [0.1, 0.15) is 5.75 Å². The van der Waals surface area contributed by atoms with E-state index >= 15 is 0 Å². The Labute approximate surface area is 148 Å². The van der Waals surface area contributed by atoms with E-state index in [1.165, 1.54) is 11.1 Å². The van der Waals surface area contributed by atoms with Gasteiger partial charge in [0.25, 0.3) is 0 Å². The zero-order valence-electron chi connectivity index (χ0n) is 14.1. The molecular weight excluding hydrogens is 318 g/mol. The van der Waals surface area contributed by atoms with Crippen molar-refractivity contribution in [1.29, 1.82) is 0 Å². The molecule has 0 aliphatic heterocycles. The molecule has 1 N–H and O–H groups in total. The number of aryl methyl sites for hydroxylation is 1. The van der Waals surface area contributed by atoms with Crippen molar-refractivity contribution in [1.82, 2.24) is 5.32 Å². The molecule has 0 radical (unpaired) electrons. The first-order chi connectivity index (χ1) is 11.7. The molecule has 0 spiro atoms. The van der Waals surface area contributed by atoms with Crippen molar-refractivity contribution in [3.8, 4) is 5.75 Å². The first kappa shape index (κ1) is 18.1. The van der Waals surface area contributed by atoms with E-state index < -0.39 is 0 Å². The van der Waals surface area contributed by atoms with Gasteiger partial charge in [0, 0.05) is 24.1 Å². The monoisotopic (exact) mass is 341 g/mol. The largest absolute Gasteiger partial charge is 0.497 e. The number of ether oxygens (including phenoxy) is 1. The van der Waals surface area contributed by atoms with Crippen LogP contribution in [0.5, 0.6) is 5.75 Å². The molecule has 0 atom stereocenters. The SMILES string of the molecule is COc1ccc(/C=C/C(=O)NCCSCc2ccccc2C)cc1. The fraction of sp³-hybridized carbons (Fsp3) is 0.250. The summed E-state index contributed by atoms with van der Waals surface area (Å²) in [7, 11) is 1.63. The van der Waals surface area contributed by atoms with Crippen LogP contribution in [0.1, 0.15) is 16.7 Å². The van der Waals surface area contributed by atoms with Crippen LogP contribution in [-0.2, 0) is 10.5 Å². The second-order valence-corrected chi connectivity index (χ2v) is 6.48. The van der Waals surface area contributed by atoms with Crippen LogP contribution in [0, 0.1) is 6.92 Å². The maximum atomic E-state index is 11.8. The highest BCUT2D eigenvalue weighted by atomic mass is 32.2. The summed E-state index contributed by atoms with van der Waals surface area (Å²) in [6.45, 7) is 2.80. The van der Waals surface area contributed by atoms with Crippen molar-refractivity contribution in [2.45, 2.75) is 12.7 Å². The second kappa shape index (κ2) is 9.83. The third-order valence-electron chi connectivity index (χ3n) is 3.61. The van der Waals surface area contributed by atoms with Gasteiger partial charge in [-0.3, -0.25) is 4.79 Å². The van der Waals surface area contributed by atoms with Crippen LogP contribution in [0.2, 0.25) is 0 Å². The Morgan fingerprint density at radius 2 is 1.92 bits per heavy atom. The predicted octanol–water partition coefficient (Wildman–Crippen LogP) is 4.07. The van der Waals surface area contributed by atoms with Gasteiger partial charge in [-0.05, 0) is 41.8 Å². The fourth-order valence-electron chi connectivity index (χ4n) is 2.15. The Balaban J connectivity index is 1.65. The molecule has 0 aromatic heterocycles. The Hall–Kier alpha value is -2.20. The summed E-state index contributed by atoms with van der Waals surface area (Å²) in [6, 6.07) is 16.0. The number of methoxy groups -OCH3 is 1. The molecule has 0 aliphatic carbocycles. The standard InChI is InChI=1S/C20H23NO2S/c1-16-5-3-4-6-18(16)15-24-14-13-21-20(22)12-9-17-7-10-19(23-2)11-8-17/h3-12H,13-15H2,1-2H3,(H,21,22)/b12-9+. The van der Waals surface area contributed by atoms with Crippen molar-refractivity contribution in [2.75, 3.05) is 19.4 Å². The minimum Gasteiger partial charge on any atom is -0.497 e. The molecule has 126 valence electrons. The Morgan fingerprint density at radius 3 is 2.62 bits per heavy atom. The summed E-state index contributed by atoms with van der Waals surface area (Å²) >= 11 is 1.83. The van der Waals surface area contributed by atoms with Crippen LogP contribution < -0.4 is 10.1 Å². The minimum absolute atomic E-state index is 0.0673. The van der Waals surface area contributed by atoms with Crippen molar-refractivity contribution in [2.24, 2.45) is 0 Å². The molecular formula is C20H23NO2S. The summed E-state index contributed by atoms with van der Waals surface area (Å²) in [5.41, 5.74) is 3.64. The van der Waals surface area contributed by atoms with Gasteiger partial charge in [-0.15, -0.1) is 0 Å². The number of amides is 1. The average molecular weight is 341 g/mol. The zero-order chi connectivity index (χ0) is 17.2. The van der Waals surface area contributed by atoms with E-state index in [9.17, 15) is 4.79 Å². The first-order valence-electron chi connectivity index (χ1n) is 7.91. The number of rotatable bonds is 8. The van der Waals surface area contributed by atoms with Crippen molar-refractivity contribution in [3.05, 3.63) is 71.3 Å². The lowest BCUT2D eigenvalue weighted by Gasteiger charge is -2.05. The van der Waals surface area contributed by atoms with E-state index in [1.807, 2.05) is 36.0 Å². The van der Waals surface area contributed by atoms with Gasteiger partial charge >= 0.3 is 0 Å². The molecule has 0 saturated heterocycles. The molecule has 0 bridgehead atoms. The lowest BCUT2D eigenvalue weighted by atomic mass is 10.1. The predicted molar refractivity (Wildman–Crippen MR) is 102 cm³/mol. The Morgan fingerprint density at radius 1 is 1.17 bits per heavy atom. The molecule has 2 aromatic rings. The fourth-order valence-corrected chi connectivity index (χ4v) is 3.08. The van der Waals surface area contributed by atoms with Crippen LogP contribution in [0.3, 0.4) is 0 Å². The molecule has 0 aliphatic rings. The van der Waals surface area contributed by atoms with Gasteiger partial charge in [-0.25, -0.2) is 0 Å². The molecule has 0 saturated carbocycles. The van der Waals surface area contributed by atoms with E-state index in [2.05, 4.69) is 36.5 Å². The summed E-state index contributed by atoms with van der Waals surface area (Å²) in [5, 5.41) is 2.91. The Bertz CT molecular complexity index is 680. The molecule has 2 aromatic carbocycles. The molecule has 24 heavy (non-hydrogen) atoms. The van der Waals surface area contributed by atoms with E-state index in [-0.39, 0.29) is 5.91 Å². The van der Waals surface area contributed by atoms with Gasteiger partial charge in [0.2, 0.25) is 5.91 Å². The minimum atomic E-state index is -0.0673. The summed E-state index contributed by atoms with van der Waals surface area (Å²) in [4.78, 5) is 11.8. The van der Waals surface area contributed by atoms with E-state index in [1.54, 1.807) is 19.3 Å². The smallest absolute Gasteiger partial charge is 0.244 e. The van der Waals surface area contributed by atoms with Crippen LogP contribution in [0.15, 0.2) is 54.6 Å². The van der Waals surface area contributed by atoms with Crippen LogP contribution >= 0.6 is 11.8 Å². The van der Waals surface area contributed by atoms with Crippen molar-refractivity contribution in [3.63, 3.8) is 0 Å². The summed E-state index contributed by atoms with van der Waals surface area (Å²) in [6.07, 6.45) is 3.36. The van der Waals surface area contributed by atoms with Gasteiger partial charge in [-0.2, -0.15) is 11.8 Å². The number of thioether (sulfide) groups is 1. The number of hydrogen-bond acceptors (Lipinski definition) is 3. The number of carbonyl (C=O) groups excluding carboxylic acids is 1. The maximum Gasteiger partial charge on any atom is 0.244 e. The highest BCUT2D eigenvalue weighted by molar-refractivity contribution is 7.98. The second-order valence-electron chi connectivity index (χ2n) is 5.38. The van der Waals surface area contributed by atoms with E-state index in [0.717, 1.165) is 22.8 Å². The maximum absolute atomic E-state index is 11.8. The lowest BCUT2D eigenvalue weighted by Crippen LogP contribution is -2.23. The molecule has 0 unspecified atom stereocenters. The topological polar surface area (TPSA) is 38.3 Å². The lowest BCUT2D eigenvalue weighted by molar-refractivity contribution is -0.116. The van der Waals surface area contributed by atoms with Crippen molar-refractivity contribution < 1.29 is 9.53 Å². The van der Waals surface area contributed by atoms with E-state index in [0.29, 0.717) is 6.54 Å². The van der Waals surface area contributed by atoms with Crippen LogP contribution in [0.4, 0.5) is 0 Å². The molecule has 0 fully saturated rings. The van der Waals surface area contributed by atoms with Gasteiger partial charge in [-0.1, -0.05) is 36.4 Å². The number of hydrogen-bond donors (Lipinski definition) is 1. The highest BCUT2D eigenvalue weighted by Crippen LogP contribution is 2.15. The highest BCUT2D eigenvalue weighted by Gasteiger charge is 1.99. The van der Waals surface area contributed by atoms with Gasteiger partial charge in [0.05, 0.1) is 7.11 Å². The quantitative estimate of drug-likeness (QED) is 0.581. The van der Waals surface area contributed by atoms with Crippen molar-refractivity contribution >= 4 is 23.7 Å². The van der Waals surface area contributed by atoms with Gasteiger partial charge in [0.15, 0.2) is 0 Å². The summed E-state index contributed by atoms with van der Waals surface area (Å²) < 4.78 is 5.10. The van der Waals surface area contributed by atoms with Crippen LogP contribution in [0.25, 0.3) is 6.08 Å². The normalized spacial score (nSPS) is 10.8.